The molecule has 0 heterocycles. The molecule has 0 N–H and O–H groups in total. The molecule has 682 valence electrons. The van der Waals surface area contributed by atoms with Crippen molar-refractivity contribution in [1.82, 2.24) is 0 Å². The number of hydrogen-bond donors (Lipinski definition) is 0. The van der Waals surface area contributed by atoms with Gasteiger partial charge in [-0.25, -0.2) is 0 Å². The maximum Gasteiger partial charge on any atom is -0.00139 e. The van der Waals surface area contributed by atoms with Gasteiger partial charge in [-0.1, -0.05) is 545 Å². The minimum Gasteiger partial charge on any atom is -0.0622 e. The number of rotatable bonds is 22. The summed E-state index contributed by atoms with van der Waals surface area (Å²) < 4.78 is 0. The van der Waals surface area contributed by atoms with Gasteiger partial charge in [-0.15, -0.1) is 0 Å². The first-order chi connectivity index (χ1) is 71.0. The molecule has 144 heavy (non-hydrogen) atoms. The van der Waals surface area contributed by atoms with E-state index in [1.807, 2.05) is 0 Å². The summed E-state index contributed by atoms with van der Waals surface area (Å²) in [7, 11) is 0. The SMILES string of the molecule is Cc1cc(C)c(-c2ccc(-c3c(-c4ccccc4)c(-c4ccc(-c5ccc(-c6c(-c7ccccc7)c(-c7ccccc7)c(-c7ccccc7)c(-c7ccccc7)c6-c6ccccc6)cc5)cc4)c(-c4ccc(-c5ccc(-c6c(-c7ccccc7)c(-c7ccccc7)c(-c7ccccc7)c(-c7ccccc7)c6-c6ccccc6)cc5)cc4)c(-c4ccccc4)c3-c3ccc(-c4c(C)cc(C)cc4C)cc3)cc2)c(C)c1. The summed E-state index contributed by atoms with van der Waals surface area (Å²) >= 11 is 0. The van der Waals surface area contributed by atoms with Crippen molar-refractivity contribution in [3.63, 3.8) is 0 Å². The van der Waals surface area contributed by atoms with E-state index in [9.17, 15) is 0 Å². The summed E-state index contributed by atoms with van der Waals surface area (Å²) in [6.07, 6.45) is 0. The third-order valence-electron chi connectivity index (χ3n) is 28.9. The van der Waals surface area contributed by atoms with Crippen LogP contribution in [0.15, 0.2) is 534 Å². The fraction of sp³-hybridized carbons (Fsp3) is 0.0417. The average Bonchev–Trinajstić information content (AvgIpc) is 0.730. The van der Waals surface area contributed by atoms with Gasteiger partial charge in [-0.05, 0) is 309 Å². The van der Waals surface area contributed by atoms with Gasteiger partial charge in [0.15, 0.2) is 0 Å². The average molecular weight is 1840 g/mol. The molecule has 0 bridgehead atoms. The van der Waals surface area contributed by atoms with Crippen LogP contribution in [0.5, 0.6) is 0 Å². The second kappa shape index (κ2) is 39.7. The molecule has 0 amide bonds. The van der Waals surface area contributed by atoms with Gasteiger partial charge in [0.05, 0.1) is 0 Å². The van der Waals surface area contributed by atoms with Crippen molar-refractivity contribution < 1.29 is 0 Å². The summed E-state index contributed by atoms with van der Waals surface area (Å²) in [4.78, 5) is 0. The highest BCUT2D eigenvalue weighted by Crippen LogP contribution is 2.61. The summed E-state index contributed by atoms with van der Waals surface area (Å²) in [6, 6.07) is 200. The molecule has 0 atom stereocenters. The van der Waals surface area contributed by atoms with Crippen molar-refractivity contribution in [3.8, 4) is 245 Å². The summed E-state index contributed by atoms with van der Waals surface area (Å²) in [5.41, 5.74) is 58.2. The molecule has 0 fully saturated rings. The van der Waals surface area contributed by atoms with Crippen LogP contribution in [0.2, 0.25) is 0 Å². The van der Waals surface area contributed by atoms with E-state index < -0.39 is 0 Å². The van der Waals surface area contributed by atoms with E-state index in [0.29, 0.717) is 0 Å². The predicted molar refractivity (Wildman–Crippen MR) is 614 cm³/mol. The van der Waals surface area contributed by atoms with E-state index in [0.717, 1.165) is 156 Å². The highest BCUT2D eigenvalue weighted by molar-refractivity contribution is 6.19. The molecule has 0 radical (unpaired) electrons. The van der Waals surface area contributed by atoms with Crippen molar-refractivity contribution >= 4 is 0 Å². The van der Waals surface area contributed by atoms with E-state index in [1.165, 1.54) is 122 Å². The summed E-state index contributed by atoms with van der Waals surface area (Å²) in [5.74, 6) is 0. The minimum atomic E-state index is 1.09. The highest BCUT2D eigenvalue weighted by atomic mass is 14.4. The largest absolute Gasteiger partial charge is 0.0622 e. The van der Waals surface area contributed by atoms with Crippen LogP contribution in [0.25, 0.3) is 245 Å². The van der Waals surface area contributed by atoms with Gasteiger partial charge in [-0.2, -0.15) is 0 Å². The van der Waals surface area contributed by atoms with Crippen LogP contribution in [-0.2, 0) is 0 Å². The number of hydrogen-bond acceptors (Lipinski definition) is 0. The smallest absolute Gasteiger partial charge is 0.00139 e. The Balaban J connectivity index is 0.755. The summed E-state index contributed by atoms with van der Waals surface area (Å²) in [6.45, 7) is 13.4. The molecular formula is C144H106. The van der Waals surface area contributed by atoms with Gasteiger partial charge in [0.25, 0.3) is 0 Å². The zero-order valence-corrected chi connectivity index (χ0v) is 81.8. The molecule has 0 aliphatic heterocycles. The van der Waals surface area contributed by atoms with Gasteiger partial charge >= 0.3 is 0 Å². The Morgan fingerprint density at radius 1 is 0.0764 bits per heavy atom. The first-order valence-electron chi connectivity index (χ1n) is 50.2. The van der Waals surface area contributed by atoms with Crippen molar-refractivity contribution in [1.29, 1.82) is 0 Å². The molecule has 23 aromatic rings. The zero-order valence-electron chi connectivity index (χ0n) is 81.8. The molecule has 0 spiro atoms. The Bertz CT molecular complexity index is 7800. The molecular weight excluding hydrogens is 1730 g/mol. The summed E-state index contributed by atoms with van der Waals surface area (Å²) in [5, 5.41) is 0. The van der Waals surface area contributed by atoms with Crippen molar-refractivity contribution in [2.24, 2.45) is 0 Å². The fourth-order valence-corrected chi connectivity index (χ4v) is 22.9. The first-order valence-corrected chi connectivity index (χ1v) is 50.2. The van der Waals surface area contributed by atoms with E-state index >= 15 is 0 Å². The Labute approximate surface area is 847 Å². The van der Waals surface area contributed by atoms with Crippen LogP contribution in [0.1, 0.15) is 33.4 Å². The molecule has 0 saturated carbocycles. The highest BCUT2D eigenvalue weighted by Gasteiger charge is 2.35. The topological polar surface area (TPSA) is 0 Å². The third-order valence-corrected chi connectivity index (χ3v) is 28.9. The lowest BCUT2D eigenvalue weighted by atomic mass is 9.73. The van der Waals surface area contributed by atoms with Gasteiger partial charge in [0.1, 0.15) is 0 Å². The second-order valence-electron chi connectivity index (χ2n) is 38.2. The molecule has 0 unspecified atom stereocenters. The van der Waals surface area contributed by atoms with Crippen LogP contribution in [0.3, 0.4) is 0 Å². The van der Waals surface area contributed by atoms with Crippen LogP contribution in [0, 0.1) is 41.5 Å². The van der Waals surface area contributed by atoms with E-state index in [2.05, 4.69) is 575 Å². The molecule has 0 nitrogen and oxygen atoms in total. The maximum atomic E-state index is 2.41. The van der Waals surface area contributed by atoms with Crippen LogP contribution >= 0.6 is 0 Å². The quantitative estimate of drug-likeness (QED) is 0.0634. The van der Waals surface area contributed by atoms with Gasteiger partial charge < -0.3 is 0 Å². The monoisotopic (exact) mass is 1830 g/mol. The van der Waals surface area contributed by atoms with Crippen molar-refractivity contribution in [2.45, 2.75) is 41.5 Å². The molecule has 0 aliphatic carbocycles. The predicted octanol–water partition coefficient (Wildman–Crippen LogP) is 40.2. The lowest BCUT2D eigenvalue weighted by Gasteiger charge is -2.29. The molecule has 23 aromatic carbocycles. The van der Waals surface area contributed by atoms with Crippen molar-refractivity contribution in [3.05, 3.63) is 567 Å². The Morgan fingerprint density at radius 2 is 0.153 bits per heavy atom. The van der Waals surface area contributed by atoms with Gasteiger partial charge in [0, 0.05) is 0 Å². The van der Waals surface area contributed by atoms with E-state index in [1.54, 1.807) is 0 Å². The van der Waals surface area contributed by atoms with E-state index in [-0.39, 0.29) is 0 Å². The Morgan fingerprint density at radius 3 is 0.250 bits per heavy atom. The lowest BCUT2D eigenvalue weighted by Crippen LogP contribution is -2.02. The normalized spacial score (nSPS) is 11.3. The first kappa shape index (κ1) is 89.9. The Kier molecular flexibility index (Phi) is 24.8. The molecule has 0 aliphatic rings. The zero-order chi connectivity index (χ0) is 97.1. The van der Waals surface area contributed by atoms with Crippen LogP contribution in [0.4, 0.5) is 0 Å². The van der Waals surface area contributed by atoms with E-state index in [4.69, 9.17) is 0 Å². The van der Waals surface area contributed by atoms with Crippen LogP contribution in [-0.4, -0.2) is 0 Å². The molecule has 23 rings (SSSR count). The molecule has 0 saturated heterocycles. The third kappa shape index (κ3) is 17.2. The fourth-order valence-electron chi connectivity index (χ4n) is 22.9. The second-order valence-corrected chi connectivity index (χ2v) is 38.2. The van der Waals surface area contributed by atoms with Crippen molar-refractivity contribution in [2.75, 3.05) is 0 Å². The Hall–Kier alpha value is -17.9. The molecule has 0 aromatic heterocycles. The number of benzene rings is 23. The molecule has 0 heteroatoms. The maximum absolute atomic E-state index is 2.41. The minimum absolute atomic E-state index is 1.09. The van der Waals surface area contributed by atoms with Gasteiger partial charge in [-0.3, -0.25) is 0 Å². The van der Waals surface area contributed by atoms with Gasteiger partial charge in [0.2, 0.25) is 0 Å². The van der Waals surface area contributed by atoms with Crippen LogP contribution < -0.4 is 0 Å². The standard InChI is InChI=1S/C144H106/c1-95-91-97(3)125(98(4)92-95)117-83-87-123(88-84-117)143-137(115-63-39-17-40-64-115)141(121-79-71-103(72-80-121)101-67-75-119(76-68-101)139-133(111-55-31-13-32-56-111)129(107-47-23-9-24-48-107)127(105-43-19-7-20-44-105)130(108-49-25-10-26-50-108)134(139)112-57-33-14-34-58-112)142(138(116-65-41-18-42-66-116)144(143)124-89-85-118(86-90-124)126-99(5)93-96(2)94-100(126)6)122-81-73-104(74-82-122)102-69-77-120(78-70-102)140-135(113-59-35-15-36-60-113)131(109-51-27-11-28-52-109)128(106-45-21-8-22-46-106)132(110-53-29-12-30-54-110)136(140)114-61-37-16-38-62-114/h7-94H,1-6H3. The number of aryl methyl sites for hydroxylation is 6. The lowest BCUT2D eigenvalue weighted by molar-refractivity contribution is 1.32.